The maximum absolute atomic E-state index is 11.3. The van der Waals surface area contributed by atoms with Gasteiger partial charge >= 0.3 is 6.09 Å². The van der Waals surface area contributed by atoms with Crippen LogP contribution >= 0.6 is 11.3 Å². The molecular weight excluding hydrogens is 414 g/mol. The summed E-state index contributed by atoms with van der Waals surface area (Å²) in [5.74, 6) is 1.70. The van der Waals surface area contributed by atoms with Gasteiger partial charge < -0.3 is 14.8 Å². The smallest absolute Gasteiger partial charge is 0.411 e. The molecule has 0 radical (unpaired) electrons. The standard InChI is InChI=1S/C22H27N5O3S/c1-14-15(2)31-21-19(14)20(25-18(26-21)13-27-8-10-30-11-9-27)23-12-16-4-6-17(7-5-16)24-22(28)29-3/h4-7H,8-13H2,1-3H3,(H,24,28)(H,23,25,26). The lowest BCUT2D eigenvalue weighted by atomic mass is 10.2. The lowest BCUT2D eigenvalue weighted by Gasteiger charge is -2.25. The van der Waals surface area contributed by atoms with Crippen molar-refractivity contribution in [1.82, 2.24) is 14.9 Å². The van der Waals surface area contributed by atoms with Gasteiger partial charge in [-0.25, -0.2) is 14.8 Å². The Morgan fingerprint density at radius 1 is 1.19 bits per heavy atom. The maximum Gasteiger partial charge on any atom is 0.411 e. The second kappa shape index (κ2) is 9.59. The average Bonchev–Trinajstić information content (AvgIpc) is 3.07. The van der Waals surface area contributed by atoms with Crippen molar-refractivity contribution in [3.63, 3.8) is 0 Å². The first-order valence-electron chi connectivity index (χ1n) is 10.3. The number of fused-ring (bicyclic) bond motifs is 1. The van der Waals surface area contributed by atoms with E-state index in [9.17, 15) is 4.79 Å². The monoisotopic (exact) mass is 441 g/mol. The number of aromatic nitrogens is 2. The molecule has 3 heterocycles. The summed E-state index contributed by atoms with van der Waals surface area (Å²) >= 11 is 1.71. The average molecular weight is 442 g/mol. The molecule has 164 valence electrons. The van der Waals surface area contributed by atoms with Gasteiger partial charge in [-0.05, 0) is 37.1 Å². The fourth-order valence-corrected chi connectivity index (χ4v) is 4.56. The van der Waals surface area contributed by atoms with Crippen LogP contribution in [0.25, 0.3) is 10.2 Å². The highest BCUT2D eigenvalue weighted by atomic mass is 32.1. The number of nitrogens with zero attached hydrogens (tertiary/aromatic N) is 3. The van der Waals surface area contributed by atoms with Crippen LogP contribution in [0, 0.1) is 13.8 Å². The summed E-state index contributed by atoms with van der Waals surface area (Å²) < 4.78 is 10.1. The molecule has 2 N–H and O–H groups in total. The number of aryl methyl sites for hydroxylation is 2. The molecule has 31 heavy (non-hydrogen) atoms. The Kier molecular flexibility index (Phi) is 6.64. The maximum atomic E-state index is 11.3. The first-order chi connectivity index (χ1) is 15.0. The number of rotatable bonds is 6. The molecule has 4 rings (SSSR count). The number of nitrogens with one attached hydrogen (secondary N) is 2. The number of hydrogen-bond donors (Lipinski definition) is 2. The second-order valence-electron chi connectivity index (χ2n) is 7.51. The number of methoxy groups -OCH3 is 1. The highest BCUT2D eigenvalue weighted by molar-refractivity contribution is 7.18. The third-order valence-corrected chi connectivity index (χ3v) is 6.49. The predicted octanol–water partition coefficient (Wildman–Crippen LogP) is 3.93. The molecule has 0 unspecified atom stereocenters. The van der Waals surface area contributed by atoms with Crippen LogP contribution in [0.15, 0.2) is 24.3 Å². The molecule has 0 atom stereocenters. The molecule has 1 aliphatic heterocycles. The minimum absolute atomic E-state index is 0.481. The highest BCUT2D eigenvalue weighted by Crippen LogP contribution is 2.33. The van der Waals surface area contributed by atoms with Crippen molar-refractivity contribution in [1.29, 1.82) is 0 Å². The lowest BCUT2D eigenvalue weighted by Crippen LogP contribution is -2.36. The lowest BCUT2D eigenvalue weighted by molar-refractivity contribution is 0.0331. The quantitative estimate of drug-likeness (QED) is 0.599. The number of ether oxygens (including phenoxy) is 2. The Labute approximate surface area is 185 Å². The molecule has 1 amide bonds. The molecule has 0 saturated carbocycles. The van der Waals surface area contributed by atoms with Crippen molar-refractivity contribution in [2.75, 3.05) is 44.0 Å². The fraction of sp³-hybridized carbons (Fsp3) is 0.409. The van der Waals surface area contributed by atoms with E-state index in [1.807, 2.05) is 24.3 Å². The first kappa shape index (κ1) is 21.5. The zero-order valence-corrected chi connectivity index (χ0v) is 18.8. The van der Waals surface area contributed by atoms with Crippen LogP contribution in [0.5, 0.6) is 0 Å². The SMILES string of the molecule is COC(=O)Nc1ccc(CNc2nc(CN3CCOCC3)nc3sc(C)c(C)c23)cc1. The molecule has 1 aliphatic rings. The van der Waals surface area contributed by atoms with Crippen LogP contribution in [0.3, 0.4) is 0 Å². The number of amides is 1. The van der Waals surface area contributed by atoms with Gasteiger partial charge in [0.05, 0.1) is 32.3 Å². The van der Waals surface area contributed by atoms with Gasteiger partial charge in [-0.3, -0.25) is 10.2 Å². The molecular formula is C22H27N5O3S. The minimum atomic E-state index is -0.481. The van der Waals surface area contributed by atoms with Gasteiger partial charge in [-0.2, -0.15) is 0 Å². The third-order valence-electron chi connectivity index (χ3n) is 5.39. The van der Waals surface area contributed by atoms with Gasteiger partial charge in [0.1, 0.15) is 16.5 Å². The summed E-state index contributed by atoms with van der Waals surface area (Å²) in [5.41, 5.74) is 3.00. The largest absolute Gasteiger partial charge is 0.453 e. The van der Waals surface area contributed by atoms with E-state index < -0.39 is 6.09 Å². The van der Waals surface area contributed by atoms with E-state index in [0.29, 0.717) is 12.2 Å². The van der Waals surface area contributed by atoms with Crippen LogP contribution in [-0.2, 0) is 22.6 Å². The van der Waals surface area contributed by atoms with E-state index in [0.717, 1.165) is 60.3 Å². The van der Waals surface area contributed by atoms with Gasteiger partial charge in [-0.1, -0.05) is 12.1 Å². The minimum Gasteiger partial charge on any atom is -0.453 e. The van der Waals surface area contributed by atoms with E-state index in [1.165, 1.54) is 17.6 Å². The zero-order valence-electron chi connectivity index (χ0n) is 18.0. The fourth-order valence-electron chi connectivity index (χ4n) is 3.51. The summed E-state index contributed by atoms with van der Waals surface area (Å²) in [4.78, 5) is 25.7. The number of carbonyl (C=O) groups excluding carboxylic acids is 1. The topological polar surface area (TPSA) is 88.6 Å². The Bertz CT molecular complexity index is 1060. The second-order valence-corrected chi connectivity index (χ2v) is 8.71. The van der Waals surface area contributed by atoms with Gasteiger partial charge in [0.2, 0.25) is 0 Å². The Morgan fingerprint density at radius 2 is 1.94 bits per heavy atom. The van der Waals surface area contributed by atoms with Crippen molar-refractivity contribution in [2.45, 2.75) is 26.9 Å². The molecule has 2 aromatic heterocycles. The van der Waals surface area contributed by atoms with Crippen molar-refractivity contribution in [2.24, 2.45) is 0 Å². The summed E-state index contributed by atoms with van der Waals surface area (Å²) in [5, 5.41) is 7.26. The van der Waals surface area contributed by atoms with Gasteiger partial charge in [-0.15, -0.1) is 11.3 Å². The number of anilines is 2. The van der Waals surface area contributed by atoms with Gasteiger partial charge in [0.15, 0.2) is 0 Å². The third kappa shape index (κ3) is 5.12. The van der Waals surface area contributed by atoms with E-state index >= 15 is 0 Å². The summed E-state index contributed by atoms with van der Waals surface area (Å²) in [7, 11) is 1.34. The number of thiophene rings is 1. The van der Waals surface area contributed by atoms with E-state index in [4.69, 9.17) is 14.7 Å². The Balaban J connectivity index is 1.53. The van der Waals surface area contributed by atoms with Crippen LogP contribution in [0.2, 0.25) is 0 Å². The first-order valence-corrected chi connectivity index (χ1v) is 11.1. The normalized spacial score (nSPS) is 14.5. The molecule has 1 aromatic carbocycles. The van der Waals surface area contributed by atoms with Crippen molar-refractivity contribution in [3.05, 3.63) is 46.1 Å². The number of carbonyl (C=O) groups is 1. The van der Waals surface area contributed by atoms with Crippen molar-refractivity contribution < 1.29 is 14.3 Å². The highest BCUT2D eigenvalue weighted by Gasteiger charge is 2.17. The van der Waals surface area contributed by atoms with Gasteiger partial charge in [0, 0.05) is 30.2 Å². The van der Waals surface area contributed by atoms with E-state index in [2.05, 4.69) is 34.1 Å². The molecule has 0 bridgehead atoms. The molecule has 3 aromatic rings. The van der Waals surface area contributed by atoms with Crippen LogP contribution < -0.4 is 10.6 Å². The van der Waals surface area contributed by atoms with Crippen molar-refractivity contribution in [3.8, 4) is 0 Å². The van der Waals surface area contributed by atoms with Crippen LogP contribution in [0.1, 0.15) is 21.8 Å². The molecule has 1 fully saturated rings. The van der Waals surface area contributed by atoms with Crippen LogP contribution in [-0.4, -0.2) is 54.4 Å². The Morgan fingerprint density at radius 3 is 2.65 bits per heavy atom. The molecule has 9 heteroatoms. The summed E-state index contributed by atoms with van der Waals surface area (Å²) in [6, 6.07) is 7.65. The summed E-state index contributed by atoms with van der Waals surface area (Å²) in [6.07, 6.45) is -0.481. The molecule has 8 nitrogen and oxygen atoms in total. The van der Waals surface area contributed by atoms with E-state index in [1.54, 1.807) is 11.3 Å². The molecule has 0 aliphatic carbocycles. The number of benzene rings is 1. The molecule has 0 spiro atoms. The molecule has 1 saturated heterocycles. The Hall–Kier alpha value is -2.75. The number of morpholine rings is 1. The zero-order chi connectivity index (χ0) is 21.8. The number of hydrogen-bond acceptors (Lipinski definition) is 8. The van der Waals surface area contributed by atoms with Gasteiger partial charge in [0.25, 0.3) is 0 Å². The van der Waals surface area contributed by atoms with Crippen molar-refractivity contribution >= 4 is 39.2 Å². The predicted molar refractivity (Wildman–Crippen MR) is 123 cm³/mol. The summed E-state index contributed by atoms with van der Waals surface area (Å²) in [6.45, 7) is 8.90. The van der Waals surface area contributed by atoms with E-state index in [-0.39, 0.29) is 0 Å². The van der Waals surface area contributed by atoms with Crippen LogP contribution in [0.4, 0.5) is 16.3 Å².